The predicted molar refractivity (Wildman–Crippen MR) is 142 cm³/mol. The van der Waals surface area contributed by atoms with Crippen LogP contribution in [0.15, 0.2) is 70.5 Å². The predicted octanol–water partition coefficient (Wildman–Crippen LogP) is 10.6. The van der Waals surface area contributed by atoms with Crippen molar-refractivity contribution in [3.63, 3.8) is 0 Å². The zero-order chi connectivity index (χ0) is 20.7. The van der Waals surface area contributed by atoms with Gasteiger partial charge in [0.2, 0.25) is 0 Å². The molecule has 0 saturated carbocycles. The number of hydrogen-bond acceptors (Lipinski definition) is 4. The van der Waals surface area contributed by atoms with Crippen LogP contribution >= 0.6 is 72.9 Å². The maximum Gasteiger partial charge on any atom is 0.102 e. The van der Waals surface area contributed by atoms with Gasteiger partial charge in [0.25, 0.3) is 0 Å². The van der Waals surface area contributed by atoms with Gasteiger partial charge >= 0.3 is 0 Å². The normalized spacial score (nSPS) is 11.3. The van der Waals surface area contributed by atoms with E-state index in [4.69, 9.17) is 11.6 Å². The van der Waals surface area contributed by atoms with Gasteiger partial charge in [-0.05, 0) is 69.9 Å². The first-order valence-electron chi connectivity index (χ1n) is 9.46. The third-order valence-corrected chi connectivity index (χ3v) is 10.7. The molecule has 4 heterocycles. The Morgan fingerprint density at radius 2 is 1.27 bits per heavy atom. The molecule has 5 rings (SSSR count). The Labute approximate surface area is 205 Å². The van der Waals surface area contributed by atoms with Crippen molar-refractivity contribution >= 4 is 72.9 Å². The second kappa shape index (κ2) is 8.73. The van der Waals surface area contributed by atoms with Gasteiger partial charge in [-0.2, -0.15) is 0 Å². The van der Waals surface area contributed by atoms with Gasteiger partial charge in [0.15, 0.2) is 0 Å². The summed E-state index contributed by atoms with van der Waals surface area (Å²) in [5.74, 6) is 0. The monoisotopic (exact) mass is 546 g/mol. The number of hydrogen-bond donors (Lipinski definition) is 0. The molecule has 0 N–H and O–H groups in total. The van der Waals surface area contributed by atoms with E-state index in [0.717, 1.165) is 10.8 Å². The van der Waals surface area contributed by atoms with Gasteiger partial charge in [0.1, 0.15) is 4.34 Å². The fraction of sp³-hybridized carbons (Fsp3) is 0.0833. The standard InChI is InChI=1S/C24H16BrClS4/c1-2-15-22(14-6-4-3-5-7-14)24(26)30-23(15)20-11-10-17(28-20)16-8-9-18(27-16)19-12-13-21(25)29-19/h3-13H,2H2,1H3. The van der Waals surface area contributed by atoms with Crippen LogP contribution in [0.3, 0.4) is 0 Å². The summed E-state index contributed by atoms with van der Waals surface area (Å²) in [6.45, 7) is 2.22. The van der Waals surface area contributed by atoms with Crippen LogP contribution < -0.4 is 0 Å². The van der Waals surface area contributed by atoms with Crippen LogP contribution in [0.4, 0.5) is 0 Å². The maximum absolute atomic E-state index is 6.73. The van der Waals surface area contributed by atoms with Crippen LogP contribution in [0, 0.1) is 0 Å². The average molecular weight is 548 g/mol. The van der Waals surface area contributed by atoms with Crippen LogP contribution in [0.5, 0.6) is 0 Å². The van der Waals surface area contributed by atoms with E-state index in [-0.39, 0.29) is 0 Å². The zero-order valence-corrected chi connectivity index (χ0v) is 21.6. The largest absolute Gasteiger partial charge is 0.134 e. The summed E-state index contributed by atoms with van der Waals surface area (Å²) in [6.07, 6.45) is 0.965. The Balaban J connectivity index is 1.51. The van der Waals surface area contributed by atoms with Crippen molar-refractivity contribution in [2.75, 3.05) is 0 Å². The van der Waals surface area contributed by atoms with E-state index in [1.807, 2.05) is 28.7 Å². The minimum absolute atomic E-state index is 0.879. The van der Waals surface area contributed by atoms with E-state index in [1.165, 1.54) is 49.7 Å². The third kappa shape index (κ3) is 3.88. The van der Waals surface area contributed by atoms with Gasteiger partial charge in [-0.15, -0.1) is 45.3 Å². The van der Waals surface area contributed by atoms with E-state index in [2.05, 4.69) is 83.5 Å². The molecule has 0 fully saturated rings. The SMILES string of the molecule is CCc1c(-c2ccc(-c3ccc(-c4ccc(Br)s4)s3)s2)sc(Cl)c1-c1ccccc1. The van der Waals surface area contributed by atoms with E-state index >= 15 is 0 Å². The second-order valence-corrected chi connectivity index (χ2v) is 13.0. The first-order valence-corrected chi connectivity index (χ1v) is 13.9. The molecular weight excluding hydrogens is 532 g/mol. The highest BCUT2D eigenvalue weighted by atomic mass is 79.9. The Morgan fingerprint density at radius 3 is 1.87 bits per heavy atom. The summed E-state index contributed by atoms with van der Waals surface area (Å²) in [6, 6.07) is 23.7. The molecule has 30 heavy (non-hydrogen) atoms. The summed E-state index contributed by atoms with van der Waals surface area (Å²) in [4.78, 5) is 7.84. The number of halogens is 2. The summed E-state index contributed by atoms with van der Waals surface area (Å²) < 4.78 is 2.05. The lowest BCUT2D eigenvalue weighted by Crippen LogP contribution is -1.85. The van der Waals surface area contributed by atoms with Crippen LogP contribution in [-0.2, 0) is 6.42 Å². The Morgan fingerprint density at radius 1 is 0.700 bits per heavy atom. The first kappa shape index (κ1) is 20.7. The molecule has 0 nitrogen and oxygen atoms in total. The van der Waals surface area contributed by atoms with Crippen molar-refractivity contribution in [1.29, 1.82) is 0 Å². The molecule has 150 valence electrons. The van der Waals surface area contributed by atoms with Crippen LogP contribution in [0.1, 0.15) is 12.5 Å². The third-order valence-electron chi connectivity index (χ3n) is 4.87. The summed E-state index contributed by atoms with van der Waals surface area (Å²) in [5.41, 5.74) is 3.74. The number of benzene rings is 1. The molecule has 4 aromatic heterocycles. The van der Waals surface area contributed by atoms with E-state index in [1.54, 1.807) is 22.7 Å². The van der Waals surface area contributed by atoms with Crippen molar-refractivity contribution in [2.24, 2.45) is 0 Å². The highest BCUT2D eigenvalue weighted by molar-refractivity contribution is 9.11. The molecule has 0 spiro atoms. The maximum atomic E-state index is 6.73. The van der Waals surface area contributed by atoms with E-state index < -0.39 is 0 Å². The highest BCUT2D eigenvalue weighted by Gasteiger charge is 2.20. The van der Waals surface area contributed by atoms with Crippen molar-refractivity contribution in [2.45, 2.75) is 13.3 Å². The molecule has 0 saturated heterocycles. The van der Waals surface area contributed by atoms with Crippen LogP contribution in [0.2, 0.25) is 4.34 Å². The molecular formula is C24H16BrClS4. The van der Waals surface area contributed by atoms with Crippen molar-refractivity contribution in [3.05, 3.63) is 80.4 Å². The molecule has 0 radical (unpaired) electrons. The molecule has 0 aliphatic rings. The van der Waals surface area contributed by atoms with Crippen LogP contribution in [-0.4, -0.2) is 0 Å². The molecule has 0 bridgehead atoms. The molecule has 5 aromatic rings. The Hall–Kier alpha value is -1.21. The number of thiophene rings is 4. The smallest absolute Gasteiger partial charge is 0.102 e. The van der Waals surface area contributed by atoms with Crippen LogP contribution in [0.25, 0.3) is 40.4 Å². The van der Waals surface area contributed by atoms with Gasteiger partial charge in [-0.1, -0.05) is 48.9 Å². The fourth-order valence-corrected chi connectivity index (χ4v) is 8.82. The lowest BCUT2D eigenvalue weighted by molar-refractivity contribution is 1.16. The van der Waals surface area contributed by atoms with Gasteiger partial charge in [-0.3, -0.25) is 0 Å². The summed E-state index contributed by atoms with van der Waals surface area (Å²) >= 11 is 17.5. The van der Waals surface area contributed by atoms with Crippen molar-refractivity contribution < 1.29 is 0 Å². The van der Waals surface area contributed by atoms with Gasteiger partial charge in [0.05, 0.1) is 3.79 Å². The van der Waals surface area contributed by atoms with E-state index in [9.17, 15) is 0 Å². The summed E-state index contributed by atoms with van der Waals surface area (Å²) in [7, 11) is 0. The van der Waals surface area contributed by atoms with Gasteiger partial charge in [-0.25, -0.2) is 0 Å². The van der Waals surface area contributed by atoms with E-state index in [0.29, 0.717) is 0 Å². The fourth-order valence-electron chi connectivity index (χ4n) is 3.51. The molecule has 1 aromatic carbocycles. The molecule has 0 amide bonds. The lowest BCUT2D eigenvalue weighted by Gasteiger charge is -2.05. The lowest BCUT2D eigenvalue weighted by atomic mass is 10.0. The van der Waals surface area contributed by atoms with Crippen molar-refractivity contribution in [3.8, 4) is 40.4 Å². The van der Waals surface area contributed by atoms with Crippen molar-refractivity contribution in [1.82, 2.24) is 0 Å². The Bertz CT molecular complexity index is 1310. The molecule has 0 aliphatic heterocycles. The number of rotatable bonds is 5. The minimum atomic E-state index is 0.879. The molecule has 0 unspecified atom stereocenters. The summed E-state index contributed by atoms with van der Waals surface area (Å²) in [5, 5.41) is 0. The quantitative estimate of drug-likeness (QED) is 0.205. The topological polar surface area (TPSA) is 0 Å². The average Bonchev–Trinajstić information content (AvgIpc) is 3.53. The molecule has 0 aliphatic carbocycles. The van der Waals surface area contributed by atoms with Gasteiger partial charge in [0, 0.05) is 34.8 Å². The molecule has 6 heteroatoms. The second-order valence-electron chi connectivity index (χ2n) is 6.71. The Kier molecular flexibility index (Phi) is 6.02. The zero-order valence-electron chi connectivity index (χ0n) is 15.9. The molecule has 0 atom stereocenters. The highest BCUT2D eigenvalue weighted by Crippen LogP contribution is 2.49. The first-order chi connectivity index (χ1) is 14.6. The minimum Gasteiger partial charge on any atom is -0.134 e. The van der Waals surface area contributed by atoms with Gasteiger partial charge < -0.3 is 0 Å².